The van der Waals surface area contributed by atoms with Crippen molar-refractivity contribution in [1.82, 2.24) is 14.6 Å². The summed E-state index contributed by atoms with van der Waals surface area (Å²) in [6.07, 6.45) is 0. The van der Waals surface area contributed by atoms with Gasteiger partial charge in [-0.3, -0.25) is 0 Å². The second kappa shape index (κ2) is 4.33. The van der Waals surface area contributed by atoms with Crippen LogP contribution in [0.3, 0.4) is 0 Å². The number of likely N-dealkylation sites (N-methyl/N-ethyl adjacent to an activating group) is 1. The molecule has 0 aliphatic carbocycles. The van der Waals surface area contributed by atoms with E-state index in [0.29, 0.717) is 11.0 Å². The molecule has 3 rings (SSSR count). The average Bonchev–Trinajstić information content (AvgIpc) is 2.69. The van der Waals surface area contributed by atoms with E-state index < -0.39 is 0 Å². The van der Waals surface area contributed by atoms with Crippen LogP contribution < -0.4 is 10.7 Å². The highest BCUT2D eigenvalue weighted by atomic mass is 35.5. The van der Waals surface area contributed by atoms with Gasteiger partial charge in [0.25, 0.3) is 0 Å². The molecule has 2 N–H and O–H groups in total. The highest BCUT2D eigenvalue weighted by Crippen LogP contribution is 2.25. The van der Waals surface area contributed by atoms with Gasteiger partial charge in [0.2, 0.25) is 5.95 Å². The molecule has 1 aliphatic heterocycles. The molecule has 18 heavy (non-hydrogen) atoms. The van der Waals surface area contributed by atoms with Gasteiger partial charge < -0.3 is 15.6 Å². The Bertz CT molecular complexity index is 571. The number of nitrogen functional groups attached to an aromatic ring is 1. The maximum atomic E-state index is 6.15. The first kappa shape index (κ1) is 11.6. The SMILES string of the molecule is CN1CCN(n2c(N)nc3c(Cl)cccc32)CC1. The molecule has 96 valence electrons. The fourth-order valence-corrected chi connectivity index (χ4v) is 2.58. The Hall–Kier alpha value is -1.46. The third-order valence-electron chi connectivity index (χ3n) is 3.40. The number of para-hydroxylation sites is 1. The van der Waals surface area contributed by atoms with Gasteiger partial charge in [0.1, 0.15) is 5.52 Å². The zero-order chi connectivity index (χ0) is 12.7. The largest absolute Gasteiger partial charge is 0.368 e. The van der Waals surface area contributed by atoms with Crippen LogP contribution in [0, 0.1) is 0 Å². The van der Waals surface area contributed by atoms with E-state index in [-0.39, 0.29) is 0 Å². The minimum absolute atomic E-state index is 0.502. The molecule has 6 heteroatoms. The number of imidazole rings is 1. The minimum atomic E-state index is 0.502. The van der Waals surface area contributed by atoms with Crippen LogP contribution >= 0.6 is 11.6 Å². The van der Waals surface area contributed by atoms with Crippen LogP contribution in [0.2, 0.25) is 5.02 Å². The third-order valence-corrected chi connectivity index (χ3v) is 3.70. The highest BCUT2D eigenvalue weighted by molar-refractivity contribution is 6.35. The first-order valence-corrected chi connectivity index (χ1v) is 6.41. The lowest BCUT2D eigenvalue weighted by atomic mass is 10.3. The van der Waals surface area contributed by atoms with Gasteiger partial charge in [-0.25, -0.2) is 9.66 Å². The Morgan fingerprint density at radius 1 is 1.22 bits per heavy atom. The summed E-state index contributed by atoms with van der Waals surface area (Å²) in [5.41, 5.74) is 7.78. The topological polar surface area (TPSA) is 50.3 Å². The number of rotatable bonds is 1. The van der Waals surface area contributed by atoms with Gasteiger partial charge in [-0.05, 0) is 19.2 Å². The molecule has 0 radical (unpaired) electrons. The van der Waals surface area contributed by atoms with E-state index in [1.807, 2.05) is 22.9 Å². The maximum Gasteiger partial charge on any atom is 0.220 e. The summed E-state index contributed by atoms with van der Waals surface area (Å²) in [6.45, 7) is 3.94. The van der Waals surface area contributed by atoms with Gasteiger partial charge in [0.15, 0.2) is 0 Å². The Morgan fingerprint density at radius 3 is 2.67 bits per heavy atom. The first-order chi connectivity index (χ1) is 8.66. The zero-order valence-corrected chi connectivity index (χ0v) is 11.1. The van der Waals surface area contributed by atoms with Crippen LogP contribution in [0.5, 0.6) is 0 Å². The molecule has 1 aromatic carbocycles. The summed E-state index contributed by atoms with van der Waals surface area (Å²) >= 11 is 6.15. The molecular weight excluding hydrogens is 250 g/mol. The predicted molar refractivity (Wildman–Crippen MR) is 74.6 cm³/mol. The van der Waals surface area contributed by atoms with Gasteiger partial charge in [-0.15, -0.1) is 0 Å². The molecule has 1 fully saturated rings. The van der Waals surface area contributed by atoms with Crippen molar-refractivity contribution in [2.24, 2.45) is 0 Å². The van der Waals surface area contributed by atoms with Crippen LogP contribution in [0.15, 0.2) is 18.2 Å². The van der Waals surface area contributed by atoms with E-state index in [4.69, 9.17) is 17.3 Å². The Balaban J connectivity index is 2.06. The highest BCUT2D eigenvalue weighted by Gasteiger charge is 2.19. The molecule has 0 atom stereocenters. The van der Waals surface area contributed by atoms with E-state index in [0.717, 1.165) is 37.2 Å². The van der Waals surface area contributed by atoms with E-state index >= 15 is 0 Å². The van der Waals surface area contributed by atoms with E-state index in [2.05, 4.69) is 21.9 Å². The second-order valence-electron chi connectivity index (χ2n) is 4.65. The Morgan fingerprint density at radius 2 is 1.94 bits per heavy atom. The second-order valence-corrected chi connectivity index (χ2v) is 5.05. The quantitative estimate of drug-likeness (QED) is 0.841. The predicted octanol–water partition coefficient (Wildman–Crippen LogP) is 1.16. The molecular formula is C12H16ClN5. The van der Waals surface area contributed by atoms with E-state index in [1.165, 1.54) is 0 Å². The molecule has 2 heterocycles. The number of hydrogen-bond acceptors (Lipinski definition) is 4. The molecule has 0 spiro atoms. The lowest BCUT2D eigenvalue weighted by Crippen LogP contribution is -2.50. The van der Waals surface area contributed by atoms with Gasteiger partial charge in [0.05, 0.1) is 10.5 Å². The molecule has 5 nitrogen and oxygen atoms in total. The Labute approximate surface area is 111 Å². The smallest absolute Gasteiger partial charge is 0.220 e. The van der Waals surface area contributed by atoms with Gasteiger partial charge in [0, 0.05) is 26.2 Å². The molecule has 0 saturated carbocycles. The molecule has 0 unspecified atom stereocenters. The zero-order valence-electron chi connectivity index (χ0n) is 10.3. The number of anilines is 1. The summed E-state index contributed by atoms with van der Waals surface area (Å²) in [7, 11) is 2.13. The number of fused-ring (bicyclic) bond motifs is 1. The van der Waals surface area contributed by atoms with Gasteiger partial charge in [-0.2, -0.15) is 0 Å². The van der Waals surface area contributed by atoms with Crippen molar-refractivity contribution in [3.8, 4) is 0 Å². The third kappa shape index (κ3) is 1.79. The van der Waals surface area contributed by atoms with Crippen LogP contribution in [0.4, 0.5) is 5.95 Å². The van der Waals surface area contributed by atoms with E-state index in [9.17, 15) is 0 Å². The minimum Gasteiger partial charge on any atom is -0.368 e. The maximum absolute atomic E-state index is 6.15. The normalized spacial score (nSPS) is 17.6. The van der Waals surface area contributed by atoms with Crippen LogP contribution in [-0.4, -0.2) is 47.8 Å². The fraction of sp³-hybridized carbons (Fsp3) is 0.417. The lowest BCUT2D eigenvalue weighted by Gasteiger charge is -2.35. The van der Waals surface area contributed by atoms with Crippen molar-refractivity contribution in [3.63, 3.8) is 0 Å². The summed E-state index contributed by atoms with van der Waals surface area (Å²) in [5.74, 6) is 0.502. The number of nitrogens with zero attached hydrogens (tertiary/aromatic N) is 4. The Kier molecular flexibility index (Phi) is 2.80. The molecule has 2 aromatic rings. The number of piperazine rings is 1. The van der Waals surface area contributed by atoms with Crippen molar-refractivity contribution < 1.29 is 0 Å². The number of hydrogen-bond donors (Lipinski definition) is 1. The van der Waals surface area contributed by atoms with E-state index in [1.54, 1.807) is 0 Å². The van der Waals surface area contributed by atoms with Crippen LogP contribution in [-0.2, 0) is 0 Å². The van der Waals surface area contributed by atoms with Crippen molar-refractivity contribution in [3.05, 3.63) is 23.2 Å². The number of halogens is 1. The summed E-state index contributed by atoms with van der Waals surface area (Å²) in [6, 6.07) is 5.77. The number of aromatic nitrogens is 2. The molecule has 1 aliphatic rings. The van der Waals surface area contributed by atoms with Gasteiger partial charge in [-0.1, -0.05) is 17.7 Å². The molecule has 1 saturated heterocycles. The first-order valence-electron chi connectivity index (χ1n) is 6.03. The fourth-order valence-electron chi connectivity index (χ4n) is 2.36. The number of nitrogens with two attached hydrogens (primary N) is 1. The summed E-state index contributed by atoms with van der Waals surface area (Å²) < 4.78 is 1.98. The number of benzene rings is 1. The van der Waals surface area contributed by atoms with Crippen molar-refractivity contribution in [2.75, 3.05) is 44.0 Å². The standard InChI is InChI=1S/C12H16ClN5/c1-16-5-7-17(8-6-16)18-10-4-2-3-9(13)11(10)15-12(18)14/h2-4H,5-8H2,1H3,(H2,14,15). The van der Waals surface area contributed by atoms with Crippen LogP contribution in [0.25, 0.3) is 11.0 Å². The molecule has 1 aromatic heterocycles. The van der Waals surface area contributed by atoms with Crippen LogP contribution in [0.1, 0.15) is 0 Å². The molecule has 0 amide bonds. The monoisotopic (exact) mass is 265 g/mol. The average molecular weight is 266 g/mol. The summed E-state index contributed by atoms with van der Waals surface area (Å²) in [4.78, 5) is 6.66. The van der Waals surface area contributed by atoms with Gasteiger partial charge >= 0.3 is 0 Å². The van der Waals surface area contributed by atoms with Crippen molar-refractivity contribution >= 4 is 28.6 Å². The molecule has 0 bridgehead atoms. The van der Waals surface area contributed by atoms with Crippen molar-refractivity contribution in [2.45, 2.75) is 0 Å². The van der Waals surface area contributed by atoms with Crippen molar-refractivity contribution in [1.29, 1.82) is 0 Å². The lowest BCUT2D eigenvalue weighted by molar-refractivity contribution is 0.290. The summed E-state index contributed by atoms with van der Waals surface area (Å²) in [5, 5.41) is 2.87.